The van der Waals surface area contributed by atoms with Gasteiger partial charge in [0.2, 0.25) is 5.78 Å². The molecule has 0 unspecified atom stereocenters. The average molecular weight is 247 g/mol. The number of ether oxygens (including phenoxy) is 1. The van der Waals surface area contributed by atoms with E-state index in [1.165, 1.54) is 6.08 Å². The molecule has 0 fully saturated rings. The maximum atomic E-state index is 11.5. The summed E-state index contributed by atoms with van der Waals surface area (Å²) in [5, 5.41) is 2.54. The predicted octanol–water partition coefficient (Wildman–Crippen LogP) is 1.80. The third kappa shape index (κ3) is 4.41. The molecular weight excluding hydrogens is 230 g/mol. The number of nitrogens with one attached hydrogen (secondary N) is 1. The van der Waals surface area contributed by atoms with Crippen LogP contribution in [0.5, 0.6) is 5.75 Å². The summed E-state index contributed by atoms with van der Waals surface area (Å²) >= 11 is 0. The fourth-order valence-corrected chi connectivity index (χ4v) is 1.33. The van der Waals surface area contributed by atoms with E-state index in [4.69, 9.17) is 4.74 Å². The highest BCUT2D eigenvalue weighted by Crippen LogP contribution is 2.13. The summed E-state index contributed by atoms with van der Waals surface area (Å²) in [7, 11) is 1.57. The SMILES string of the molecule is COc1cccc(C=CC(=O)C(=O)NC(C)C)c1. The third-order valence-corrected chi connectivity index (χ3v) is 2.16. The summed E-state index contributed by atoms with van der Waals surface area (Å²) in [5.41, 5.74) is 0.806. The lowest BCUT2D eigenvalue weighted by atomic mass is 10.2. The molecule has 0 aromatic heterocycles. The van der Waals surface area contributed by atoms with Crippen LogP contribution in [0.4, 0.5) is 0 Å². The maximum Gasteiger partial charge on any atom is 0.291 e. The fourth-order valence-electron chi connectivity index (χ4n) is 1.33. The molecule has 1 amide bonds. The molecule has 0 atom stereocenters. The monoisotopic (exact) mass is 247 g/mol. The van der Waals surface area contributed by atoms with Gasteiger partial charge in [-0.15, -0.1) is 0 Å². The topological polar surface area (TPSA) is 55.4 Å². The highest BCUT2D eigenvalue weighted by atomic mass is 16.5. The van der Waals surface area contributed by atoms with Gasteiger partial charge in [-0.25, -0.2) is 0 Å². The van der Waals surface area contributed by atoms with Gasteiger partial charge >= 0.3 is 0 Å². The Morgan fingerprint density at radius 2 is 2.06 bits per heavy atom. The number of carbonyl (C=O) groups excluding carboxylic acids is 2. The standard InChI is InChI=1S/C14H17NO3/c1-10(2)15-14(17)13(16)8-7-11-5-4-6-12(9-11)18-3/h4-10H,1-3H3,(H,15,17). The molecule has 0 saturated carbocycles. The largest absolute Gasteiger partial charge is 0.497 e. The van der Waals surface area contributed by atoms with Crippen LogP contribution in [0, 0.1) is 0 Å². The van der Waals surface area contributed by atoms with Crippen molar-refractivity contribution in [3.63, 3.8) is 0 Å². The van der Waals surface area contributed by atoms with Crippen LogP contribution in [-0.4, -0.2) is 24.8 Å². The molecule has 0 aliphatic heterocycles. The molecule has 0 heterocycles. The molecule has 0 aliphatic rings. The first-order valence-corrected chi connectivity index (χ1v) is 5.70. The molecule has 4 nitrogen and oxygen atoms in total. The Bertz CT molecular complexity index is 464. The maximum absolute atomic E-state index is 11.5. The number of hydrogen-bond donors (Lipinski definition) is 1. The van der Waals surface area contributed by atoms with Gasteiger partial charge in [0.25, 0.3) is 5.91 Å². The lowest BCUT2D eigenvalue weighted by Crippen LogP contribution is -2.35. The van der Waals surface area contributed by atoms with Crippen LogP contribution >= 0.6 is 0 Å². The minimum absolute atomic E-state index is 0.0494. The van der Waals surface area contributed by atoms with Crippen molar-refractivity contribution in [2.45, 2.75) is 19.9 Å². The summed E-state index contributed by atoms with van der Waals surface area (Å²) in [6.07, 6.45) is 2.84. The smallest absolute Gasteiger partial charge is 0.291 e. The van der Waals surface area contributed by atoms with Crippen LogP contribution in [0.25, 0.3) is 6.08 Å². The molecule has 0 spiro atoms. The van der Waals surface area contributed by atoms with Crippen molar-refractivity contribution >= 4 is 17.8 Å². The van der Waals surface area contributed by atoms with Crippen molar-refractivity contribution in [3.05, 3.63) is 35.9 Å². The highest BCUT2D eigenvalue weighted by molar-refractivity contribution is 6.41. The van der Waals surface area contributed by atoms with Gasteiger partial charge in [0.05, 0.1) is 7.11 Å². The van der Waals surface area contributed by atoms with Crippen molar-refractivity contribution in [3.8, 4) is 5.75 Å². The zero-order valence-electron chi connectivity index (χ0n) is 10.8. The van der Waals surface area contributed by atoms with Gasteiger partial charge in [-0.05, 0) is 37.6 Å². The van der Waals surface area contributed by atoms with Gasteiger partial charge in [-0.1, -0.05) is 18.2 Å². The molecular formula is C14H17NO3. The van der Waals surface area contributed by atoms with Crippen LogP contribution in [0.15, 0.2) is 30.3 Å². The van der Waals surface area contributed by atoms with E-state index in [0.29, 0.717) is 5.75 Å². The normalized spacial score (nSPS) is 10.7. The van der Waals surface area contributed by atoms with Crippen LogP contribution in [0.3, 0.4) is 0 Å². The number of ketones is 1. The van der Waals surface area contributed by atoms with Crippen LogP contribution < -0.4 is 10.1 Å². The van der Waals surface area contributed by atoms with Gasteiger partial charge in [-0.2, -0.15) is 0 Å². The van der Waals surface area contributed by atoms with Crippen molar-refractivity contribution in [1.82, 2.24) is 5.32 Å². The average Bonchev–Trinajstić information content (AvgIpc) is 2.35. The number of amides is 1. The molecule has 96 valence electrons. The summed E-state index contributed by atoms with van der Waals surface area (Å²) < 4.78 is 5.06. The van der Waals surface area contributed by atoms with E-state index in [1.807, 2.05) is 18.2 Å². The molecule has 0 aliphatic carbocycles. The van der Waals surface area contributed by atoms with E-state index >= 15 is 0 Å². The Kier molecular flexibility index (Phi) is 5.11. The van der Waals surface area contributed by atoms with E-state index in [-0.39, 0.29) is 6.04 Å². The molecule has 0 radical (unpaired) electrons. The Balaban J connectivity index is 2.68. The van der Waals surface area contributed by atoms with Gasteiger partial charge in [0.15, 0.2) is 0 Å². The van der Waals surface area contributed by atoms with E-state index in [2.05, 4.69) is 5.32 Å². The highest BCUT2D eigenvalue weighted by Gasteiger charge is 2.10. The molecule has 1 aromatic rings. The molecule has 0 saturated heterocycles. The Morgan fingerprint density at radius 3 is 2.67 bits per heavy atom. The zero-order valence-corrected chi connectivity index (χ0v) is 10.8. The Morgan fingerprint density at radius 1 is 1.33 bits per heavy atom. The second-order valence-corrected chi connectivity index (χ2v) is 4.10. The Hall–Kier alpha value is -2.10. The van der Waals surface area contributed by atoms with E-state index in [1.54, 1.807) is 33.1 Å². The second kappa shape index (κ2) is 6.59. The van der Waals surface area contributed by atoms with E-state index in [0.717, 1.165) is 5.56 Å². The van der Waals surface area contributed by atoms with Crippen LogP contribution in [0.2, 0.25) is 0 Å². The summed E-state index contributed by atoms with van der Waals surface area (Å²) in [6, 6.07) is 7.19. The van der Waals surface area contributed by atoms with Crippen molar-refractivity contribution in [1.29, 1.82) is 0 Å². The quantitative estimate of drug-likeness (QED) is 0.637. The fraction of sp³-hybridized carbons (Fsp3) is 0.286. The number of rotatable bonds is 5. The van der Waals surface area contributed by atoms with Crippen LogP contribution in [-0.2, 0) is 9.59 Å². The first kappa shape index (κ1) is 14.0. The summed E-state index contributed by atoms with van der Waals surface area (Å²) in [4.78, 5) is 22.8. The summed E-state index contributed by atoms with van der Waals surface area (Å²) in [6.45, 7) is 3.61. The van der Waals surface area contributed by atoms with Crippen molar-refractivity contribution in [2.75, 3.05) is 7.11 Å². The first-order chi connectivity index (χ1) is 8.52. The predicted molar refractivity (Wildman–Crippen MR) is 70.3 cm³/mol. The molecule has 1 N–H and O–H groups in total. The molecule has 0 bridgehead atoms. The number of benzene rings is 1. The minimum atomic E-state index is -0.593. The number of hydrogen-bond acceptors (Lipinski definition) is 3. The Labute approximate surface area is 107 Å². The number of carbonyl (C=O) groups is 2. The summed E-state index contributed by atoms with van der Waals surface area (Å²) in [5.74, 6) is -0.452. The molecule has 4 heteroatoms. The van der Waals surface area contributed by atoms with Gasteiger partial charge in [0.1, 0.15) is 5.75 Å². The van der Waals surface area contributed by atoms with Gasteiger partial charge < -0.3 is 10.1 Å². The van der Waals surface area contributed by atoms with Crippen LogP contribution in [0.1, 0.15) is 19.4 Å². The molecule has 1 rings (SSSR count). The number of methoxy groups -OCH3 is 1. The van der Waals surface area contributed by atoms with E-state index in [9.17, 15) is 9.59 Å². The van der Waals surface area contributed by atoms with E-state index < -0.39 is 11.7 Å². The molecule has 18 heavy (non-hydrogen) atoms. The van der Waals surface area contributed by atoms with Crippen molar-refractivity contribution < 1.29 is 14.3 Å². The zero-order chi connectivity index (χ0) is 13.5. The third-order valence-electron chi connectivity index (χ3n) is 2.16. The van der Waals surface area contributed by atoms with Gasteiger partial charge in [0, 0.05) is 6.04 Å². The first-order valence-electron chi connectivity index (χ1n) is 5.70. The second-order valence-electron chi connectivity index (χ2n) is 4.10. The molecule has 1 aromatic carbocycles. The minimum Gasteiger partial charge on any atom is -0.497 e. The lowest BCUT2D eigenvalue weighted by molar-refractivity contribution is -0.135. The van der Waals surface area contributed by atoms with Crippen molar-refractivity contribution in [2.24, 2.45) is 0 Å². The lowest BCUT2D eigenvalue weighted by Gasteiger charge is -2.04. The van der Waals surface area contributed by atoms with Gasteiger partial charge in [-0.3, -0.25) is 9.59 Å².